The summed E-state index contributed by atoms with van der Waals surface area (Å²) in [6.45, 7) is 12.4. The Morgan fingerprint density at radius 1 is 1.23 bits per heavy atom. The topological polar surface area (TPSA) is 41.6 Å². The highest BCUT2D eigenvalue weighted by Gasteiger charge is 2.48. The summed E-state index contributed by atoms with van der Waals surface area (Å²) in [5.74, 6) is 0.625. The van der Waals surface area contributed by atoms with Gasteiger partial charge in [-0.15, -0.1) is 0 Å². The monoisotopic (exact) mass is 347 g/mol. The van der Waals surface area contributed by atoms with Crippen LogP contribution >= 0.6 is 0 Å². The second-order valence-corrected chi connectivity index (χ2v) is 9.96. The summed E-state index contributed by atoms with van der Waals surface area (Å²) in [6, 6.07) is 9.43. The first-order valence-corrected chi connectivity index (χ1v) is 10.1. The van der Waals surface area contributed by atoms with Crippen LogP contribution in [0, 0.1) is 22.2 Å². The van der Waals surface area contributed by atoms with Crippen LogP contribution in [0.15, 0.2) is 18.2 Å². The highest BCUT2D eigenvalue weighted by molar-refractivity contribution is 6.74. The molecule has 0 amide bonds. The molecule has 1 saturated carbocycles. The lowest BCUT2D eigenvalue weighted by atomic mass is 9.42. The van der Waals surface area contributed by atoms with E-state index >= 15 is 0 Å². The van der Waals surface area contributed by atoms with E-state index in [1.165, 1.54) is 47.5 Å². The molecule has 0 N–H and O–H groups in total. The molecule has 26 heavy (non-hydrogen) atoms. The number of aromatic nitrogens is 2. The van der Waals surface area contributed by atoms with Crippen LogP contribution in [-0.4, -0.2) is 16.5 Å². The van der Waals surface area contributed by atoms with Crippen LogP contribution in [0.3, 0.4) is 0 Å². The van der Waals surface area contributed by atoms with Crippen molar-refractivity contribution in [2.24, 2.45) is 10.8 Å². The Balaban J connectivity index is 1.76. The van der Waals surface area contributed by atoms with Crippen LogP contribution < -0.4 is 5.46 Å². The van der Waals surface area contributed by atoms with Crippen molar-refractivity contribution in [2.45, 2.75) is 78.5 Å². The number of fused-ring (bicyclic) bond motifs is 1. The molecule has 2 fully saturated rings. The zero-order valence-corrected chi connectivity index (χ0v) is 16.8. The predicted octanol–water partition coefficient (Wildman–Crippen LogP) is 5.16. The van der Waals surface area contributed by atoms with E-state index in [9.17, 15) is 0 Å². The summed E-state index contributed by atoms with van der Waals surface area (Å²) in [5.41, 5.74) is 4.69. The number of hydrogen-bond donors (Lipinski definition) is 0. The number of benzene rings is 1. The molecule has 1 aromatic carbocycles. The highest BCUT2D eigenvalue weighted by atomic mass is 15.3. The molecule has 0 bridgehead atoms. The first kappa shape index (κ1) is 17.6. The lowest BCUT2D eigenvalue weighted by Gasteiger charge is -2.35. The number of hydrogen-bond acceptors (Lipinski definition) is 2. The normalized spacial score (nSPS) is 22.5. The summed E-state index contributed by atoms with van der Waals surface area (Å²) >= 11 is 0. The van der Waals surface area contributed by atoms with Gasteiger partial charge in [-0.25, -0.2) is 0 Å². The molecule has 0 spiro atoms. The number of rotatable bonds is 4. The van der Waals surface area contributed by atoms with Crippen LogP contribution in [0.25, 0.3) is 10.9 Å². The van der Waals surface area contributed by atoms with Crippen LogP contribution in [0.5, 0.6) is 0 Å². The van der Waals surface area contributed by atoms with Gasteiger partial charge in [-0.3, -0.25) is 4.68 Å². The molecule has 1 aliphatic heterocycles. The molecule has 4 heteroatoms. The summed E-state index contributed by atoms with van der Waals surface area (Å²) in [6.07, 6.45) is 5.53. The first-order valence-electron chi connectivity index (χ1n) is 10.1. The van der Waals surface area contributed by atoms with E-state index in [4.69, 9.17) is 10.4 Å². The van der Waals surface area contributed by atoms with Crippen molar-refractivity contribution >= 4 is 23.1 Å². The minimum atomic E-state index is 0.130. The molecule has 1 aromatic heterocycles. The van der Waals surface area contributed by atoms with Gasteiger partial charge < -0.3 is 0 Å². The Kier molecular flexibility index (Phi) is 3.99. The molecule has 0 radical (unpaired) electrons. The Bertz CT molecular complexity index is 867. The quantitative estimate of drug-likeness (QED) is 0.717. The van der Waals surface area contributed by atoms with Gasteiger partial charge in [0.15, 0.2) is 6.71 Å². The molecule has 2 aliphatic rings. The van der Waals surface area contributed by atoms with E-state index in [1.54, 1.807) is 0 Å². The van der Waals surface area contributed by atoms with Crippen molar-refractivity contribution in [1.29, 1.82) is 5.26 Å². The van der Waals surface area contributed by atoms with Crippen LogP contribution in [0.2, 0.25) is 12.6 Å². The number of nitriles is 1. The fourth-order valence-electron chi connectivity index (χ4n) is 4.74. The van der Waals surface area contributed by atoms with E-state index in [2.05, 4.69) is 63.6 Å². The Labute approximate surface area is 157 Å². The lowest BCUT2D eigenvalue weighted by Crippen LogP contribution is -2.27. The smallest absolute Gasteiger partial charge is 0.177 e. The van der Waals surface area contributed by atoms with Gasteiger partial charge in [0.1, 0.15) is 0 Å². The third-order valence-electron chi connectivity index (χ3n) is 7.34. The van der Waals surface area contributed by atoms with Gasteiger partial charge in [0, 0.05) is 11.3 Å². The molecule has 4 rings (SSSR count). The van der Waals surface area contributed by atoms with Crippen molar-refractivity contribution in [2.75, 3.05) is 0 Å². The van der Waals surface area contributed by atoms with E-state index in [1.807, 2.05) is 0 Å². The van der Waals surface area contributed by atoms with Crippen molar-refractivity contribution in [3.8, 4) is 6.07 Å². The van der Waals surface area contributed by atoms with Gasteiger partial charge >= 0.3 is 0 Å². The second-order valence-electron chi connectivity index (χ2n) is 9.96. The predicted molar refractivity (Wildman–Crippen MR) is 109 cm³/mol. The molecule has 1 saturated heterocycles. The maximum Gasteiger partial charge on any atom is 0.177 e. The summed E-state index contributed by atoms with van der Waals surface area (Å²) in [7, 11) is 0. The zero-order valence-electron chi connectivity index (χ0n) is 16.8. The Morgan fingerprint density at radius 3 is 2.46 bits per heavy atom. The van der Waals surface area contributed by atoms with Crippen LogP contribution in [0.4, 0.5) is 0 Å². The van der Waals surface area contributed by atoms with Crippen LogP contribution in [0.1, 0.15) is 71.5 Å². The van der Waals surface area contributed by atoms with Crippen LogP contribution in [-0.2, 0) is 0 Å². The number of nitrogens with zero attached hydrogens (tertiary/aromatic N) is 3. The Morgan fingerprint density at radius 2 is 1.88 bits per heavy atom. The van der Waals surface area contributed by atoms with E-state index in [0.29, 0.717) is 29.9 Å². The van der Waals surface area contributed by atoms with Crippen molar-refractivity contribution < 1.29 is 0 Å². The largest absolute Gasteiger partial charge is 0.261 e. The highest BCUT2D eigenvalue weighted by Crippen LogP contribution is 2.52. The maximum atomic E-state index is 9.09. The SMILES string of the molecule is CC(CC#N)n1nc(C2CC2)c2cc(B3CC(C)(C)C(C)(C)C3)ccc21. The molecule has 3 nitrogen and oxygen atoms in total. The minimum absolute atomic E-state index is 0.130. The second kappa shape index (κ2) is 5.88. The van der Waals surface area contributed by atoms with Gasteiger partial charge in [0.25, 0.3) is 0 Å². The van der Waals surface area contributed by atoms with Gasteiger partial charge in [0.05, 0.1) is 29.7 Å². The maximum absolute atomic E-state index is 9.09. The van der Waals surface area contributed by atoms with E-state index in [-0.39, 0.29) is 6.04 Å². The third kappa shape index (κ3) is 2.77. The van der Waals surface area contributed by atoms with Gasteiger partial charge in [0.2, 0.25) is 0 Å². The third-order valence-corrected chi connectivity index (χ3v) is 7.34. The fraction of sp³-hybridized carbons (Fsp3) is 0.636. The lowest BCUT2D eigenvalue weighted by molar-refractivity contribution is 0.177. The molecule has 1 atom stereocenters. The molecular weight excluding hydrogens is 317 g/mol. The summed E-state index contributed by atoms with van der Waals surface area (Å²) in [5, 5.41) is 15.4. The summed E-state index contributed by atoms with van der Waals surface area (Å²) < 4.78 is 2.10. The molecule has 136 valence electrons. The molecule has 1 unspecified atom stereocenters. The van der Waals surface area contributed by atoms with Crippen molar-refractivity contribution in [3.63, 3.8) is 0 Å². The van der Waals surface area contributed by atoms with Crippen molar-refractivity contribution in [1.82, 2.24) is 9.78 Å². The average molecular weight is 347 g/mol. The van der Waals surface area contributed by atoms with E-state index < -0.39 is 0 Å². The average Bonchev–Trinajstić information content (AvgIpc) is 3.29. The zero-order chi connectivity index (χ0) is 18.7. The molecule has 1 aliphatic carbocycles. The first-order chi connectivity index (χ1) is 12.2. The van der Waals surface area contributed by atoms with Gasteiger partial charge in [-0.05, 0) is 36.7 Å². The van der Waals surface area contributed by atoms with Gasteiger partial charge in [-0.2, -0.15) is 10.4 Å². The Hall–Kier alpha value is -1.76. The molecule has 2 heterocycles. The minimum Gasteiger partial charge on any atom is -0.261 e. The molecule has 2 aromatic rings. The fourth-order valence-corrected chi connectivity index (χ4v) is 4.74. The molecular formula is C22H30BN3. The summed E-state index contributed by atoms with van der Waals surface area (Å²) in [4.78, 5) is 0. The standard InChI is InChI=1S/C22H30BN3/c1-15(10-11-24)26-19-9-8-17(12-18(19)20(25-26)16-6-7-16)23-13-21(2,3)22(4,5)14-23/h8-9,12,15-16H,6-7,10,13-14H2,1-5H3. The van der Waals surface area contributed by atoms with E-state index in [0.717, 1.165) is 0 Å². The van der Waals surface area contributed by atoms with Gasteiger partial charge in [-0.1, -0.05) is 57.9 Å². The van der Waals surface area contributed by atoms with Crippen molar-refractivity contribution in [3.05, 3.63) is 23.9 Å².